The first-order valence-corrected chi connectivity index (χ1v) is 5.07. The topological polar surface area (TPSA) is 49.8 Å². The second-order valence-electron chi connectivity index (χ2n) is 3.77. The molecular formula is C14H12N2. The number of nitrogens with zero attached hydrogens (tertiary/aromatic N) is 1. The number of nitriles is 1. The van der Waals surface area contributed by atoms with Crippen LogP contribution in [0.4, 0.5) is 5.69 Å². The summed E-state index contributed by atoms with van der Waals surface area (Å²) in [6.07, 6.45) is 0. The molecule has 16 heavy (non-hydrogen) atoms. The molecule has 0 bridgehead atoms. The van der Waals surface area contributed by atoms with Crippen LogP contribution >= 0.6 is 0 Å². The van der Waals surface area contributed by atoms with E-state index in [0.29, 0.717) is 11.3 Å². The van der Waals surface area contributed by atoms with Gasteiger partial charge >= 0.3 is 0 Å². The van der Waals surface area contributed by atoms with Gasteiger partial charge in [0.05, 0.1) is 11.6 Å². The van der Waals surface area contributed by atoms with Crippen LogP contribution in [0.5, 0.6) is 0 Å². The molecule has 0 spiro atoms. The van der Waals surface area contributed by atoms with Crippen LogP contribution in [0.2, 0.25) is 0 Å². The van der Waals surface area contributed by atoms with Crippen molar-refractivity contribution in [2.45, 2.75) is 6.92 Å². The van der Waals surface area contributed by atoms with Crippen molar-refractivity contribution >= 4 is 5.69 Å². The summed E-state index contributed by atoms with van der Waals surface area (Å²) in [5.41, 5.74) is 10.3. The molecule has 2 nitrogen and oxygen atoms in total. The van der Waals surface area contributed by atoms with Crippen LogP contribution < -0.4 is 5.73 Å². The fraction of sp³-hybridized carbons (Fsp3) is 0.0714. The highest BCUT2D eigenvalue weighted by molar-refractivity contribution is 5.72. The van der Waals surface area contributed by atoms with E-state index in [1.165, 1.54) is 5.56 Å². The Hall–Kier alpha value is -2.27. The number of benzene rings is 2. The highest BCUT2D eigenvalue weighted by Gasteiger charge is 2.03. The van der Waals surface area contributed by atoms with E-state index < -0.39 is 0 Å². The molecule has 0 atom stereocenters. The highest BCUT2D eigenvalue weighted by atomic mass is 14.5. The molecule has 0 aliphatic carbocycles. The van der Waals surface area contributed by atoms with Gasteiger partial charge in [-0.2, -0.15) is 5.26 Å². The van der Waals surface area contributed by atoms with E-state index >= 15 is 0 Å². The first-order valence-electron chi connectivity index (χ1n) is 5.07. The highest BCUT2D eigenvalue weighted by Crippen LogP contribution is 2.26. The van der Waals surface area contributed by atoms with E-state index in [9.17, 15) is 0 Å². The lowest BCUT2D eigenvalue weighted by Crippen LogP contribution is -1.89. The van der Waals surface area contributed by atoms with E-state index in [0.717, 1.165) is 11.1 Å². The van der Waals surface area contributed by atoms with E-state index in [4.69, 9.17) is 11.0 Å². The molecule has 0 saturated heterocycles. The fourth-order valence-electron chi connectivity index (χ4n) is 1.77. The van der Waals surface area contributed by atoms with Crippen LogP contribution in [0.3, 0.4) is 0 Å². The lowest BCUT2D eigenvalue weighted by Gasteiger charge is -2.07. The number of nitrogen functional groups attached to an aromatic ring is 1. The number of hydrogen-bond acceptors (Lipinski definition) is 2. The number of rotatable bonds is 1. The molecule has 2 aromatic rings. The largest absolute Gasteiger partial charge is 0.399 e. The molecule has 0 unspecified atom stereocenters. The monoisotopic (exact) mass is 208 g/mol. The minimum atomic E-state index is 0.596. The first kappa shape index (κ1) is 10.3. The third-order valence-corrected chi connectivity index (χ3v) is 2.54. The van der Waals surface area contributed by atoms with Crippen molar-refractivity contribution in [1.82, 2.24) is 0 Å². The fourth-order valence-corrected chi connectivity index (χ4v) is 1.77. The minimum Gasteiger partial charge on any atom is -0.399 e. The molecule has 0 heterocycles. The Bertz CT molecular complexity index is 565. The lowest BCUT2D eigenvalue weighted by molar-refractivity contribution is 1.44. The van der Waals surface area contributed by atoms with Crippen molar-refractivity contribution in [3.63, 3.8) is 0 Å². The average Bonchev–Trinajstić information content (AvgIpc) is 2.28. The van der Waals surface area contributed by atoms with Gasteiger partial charge in [0.25, 0.3) is 0 Å². The second kappa shape index (κ2) is 4.08. The zero-order valence-electron chi connectivity index (χ0n) is 9.07. The normalized spacial score (nSPS) is 9.75. The summed E-state index contributed by atoms with van der Waals surface area (Å²) in [6, 6.07) is 15.6. The van der Waals surface area contributed by atoms with Crippen LogP contribution in [-0.2, 0) is 0 Å². The van der Waals surface area contributed by atoms with Gasteiger partial charge in [0, 0.05) is 5.69 Å². The summed E-state index contributed by atoms with van der Waals surface area (Å²) in [5, 5.41) is 8.90. The van der Waals surface area contributed by atoms with Crippen molar-refractivity contribution in [3.05, 3.63) is 53.6 Å². The van der Waals surface area contributed by atoms with Gasteiger partial charge in [-0.1, -0.05) is 24.3 Å². The summed E-state index contributed by atoms with van der Waals surface area (Å²) < 4.78 is 0. The summed E-state index contributed by atoms with van der Waals surface area (Å²) >= 11 is 0. The van der Waals surface area contributed by atoms with E-state index in [1.807, 2.05) is 43.3 Å². The summed E-state index contributed by atoms with van der Waals surface area (Å²) in [4.78, 5) is 0. The molecule has 0 fully saturated rings. The molecule has 0 aliphatic heterocycles. The van der Waals surface area contributed by atoms with Crippen molar-refractivity contribution in [3.8, 4) is 17.2 Å². The number of aryl methyl sites for hydroxylation is 1. The van der Waals surface area contributed by atoms with Gasteiger partial charge in [0.1, 0.15) is 0 Å². The minimum absolute atomic E-state index is 0.596. The van der Waals surface area contributed by atoms with Gasteiger partial charge in [-0.05, 0) is 41.8 Å². The van der Waals surface area contributed by atoms with E-state index in [-0.39, 0.29) is 0 Å². The van der Waals surface area contributed by atoms with Gasteiger partial charge in [-0.15, -0.1) is 0 Å². The third-order valence-electron chi connectivity index (χ3n) is 2.54. The zero-order chi connectivity index (χ0) is 11.5. The maximum Gasteiger partial charge on any atom is 0.0992 e. The standard InChI is InChI=1S/C14H12N2/c1-10-4-2-3-5-14(10)12-6-11(9-15)7-13(16)8-12/h2-8H,16H2,1H3. The molecular weight excluding hydrogens is 196 g/mol. The molecule has 0 aliphatic rings. The number of nitrogens with two attached hydrogens (primary N) is 1. The molecule has 2 rings (SSSR count). The van der Waals surface area contributed by atoms with E-state index in [1.54, 1.807) is 6.07 Å². The lowest BCUT2D eigenvalue weighted by atomic mass is 9.98. The SMILES string of the molecule is Cc1ccccc1-c1cc(N)cc(C#N)c1. The molecule has 78 valence electrons. The molecule has 0 amide bonds. The van der Waals surface area contributed by atoms with E-state index in [2.05, 4.69) is 6.07 Å². The molecule has 0 saturated carbocycles. The molecule has 0 aromatic heterocycles. The zero-order valence-corrected chi connectivity index (χ0v) is 9.07. The quantitative estimate of drug-likeness (QED) is 0.732. The number of hydrogen-bond donors (Lipinski definition) is 1. The maximum atomic E-state index is 8.90. The Labute approximate surface area is 95.0 Å². The second-order valence-corrected chi connectivity index (χ2v) is 3.77. The molecule has 0 radical (unpaired) electrons. The van der Waals surface area contributed by atoms with Crippen molar-refractivity contribution in [2.75, 3.05) is 5.73 Å². The van der Waals surface area contributed by atoms with Crippen LogP contribution in [0, 0.1) is 18.3 Å². The van der Waals surface area contributed by atoms with Crippen molar-refractivity contribution in [2.24, 2.45) is 0 Å². The Kier molecular flexibility index (Phi) is 2.61. The van der Waals surface area contributed by atoms with Gasteiger partial charge < -0.3 is 5.73 Å². The maximum absolute atomic E-state index is 8.90. The average molecular weight is 208 g/mol. The third kappa shape index (κ3) is 1.89. The van der Waals surface area contributed by atoms with Crippen molar-refractivity contribution < 1.29 is 0 Å². The molecule has 2 N–H and O–H groups in total. The van der Waals surface area contributed by atoms with Gasteiger partial charge in [0.15, 0.2) is 0 Å². The summed E-state index contributed by atoms with van der Waals surface area (Å²) in [5.74, 6) is 0. The predicted octanol–water partition coefficient (Wildman–Crippen LogP) is 3.12. The van der Waals surface area contributed by atoms with Crippen LogP contribution in [0.1, 0.15) is 11.1 Å². The summed E-state index contributed by atoms with van der Waals surface area (Å²) in [6.45, 7) is 2.05. The Balaban J connectivity index is 2.61. The van der Waals surface area contributed by atoms with Gasteiger partial charge in [-0.25, -0.2) is 0 Å². The number of anilines is 1. The molecule has 2 aromatic carbocycles. The smallest absolute Gasteiger partial charge is 0.0992 e. The van der Waals surface area contributed by atoms with Crippen molar-refractivity contribution in [1.29, 1.82) is 5.26 Å². The summed E-state index contributed by atoms with van der Waals surface area (Å²) in [7, 11) is 0. The Morgan fingerprint density at radius 1 is 1.12 bits per heavy atom. The Morgan fingerprint density at radius 2 is 1.88 bits per heavy atom. The van der Waals surface area contributed by atoms with Gasteiger partial charge in [-0.3, -0.25) is 0 Å². The first-order chi connectivity index (χ1) is 7.70. The molecule has 2 heteroatoms. The van der Waals surface area contributed by atoms with Crippen LogP contribution in [-0.4, -0.2) is 0 Å². The van der Waals surface area contributed by atoms with Crippen LogP contribution in [0.25, 0.3) is 11.1 Å². The Morgan fingerprint density at radius 3 is 2.56 bits per heavy atom. The van der Waals surface area contributed by atoms with Gasteiger partial charge in [0.2, 0.25) is 0 Å². The van der Waals surface area contributed by atoms with Crippen LogP contribution in [0.15, 0.2) is 42.5 Å². The predicted molar refractivity (Wildman–Crippen MR) is 65.7 cm³/mol.